The molecule has 3 atom stereocenters. The zero-order valence-electron chi connectivity index (χ0n) is 13.2. The van der Waals surface area contributed by atoms with Gasteiger partial charge in [0.2, 0.25) is 0 Å². The van der Waals surface area contributed by atoms with Gasteiger partial charge in [0, 0.05) is 12.1 Å². The topological polar surface area (TPSA) is 41.5 Å². The lowest BCUT2D eigenvalue weighted by molar-refractivity contribution is -0.00392. The van der Waals surface area contributed by atoms with Gasteiger partial charge in [-0.05, 0) is 57.4 Å². The molecule has 0 aromatic heterocycles. The molecule has 3 nitrogen and oxygen atoms in total. The number of nitrogens with one attached hydrogen (secondary N) is 1. The lowest BCUT2D eigenvalue weighted by Gasteiger charge is -2.33. The van der Waals surface area contributed by atoms with Crippen molar-refractivity contribution in [1.82, 2.24) is 5.32 Å². The third-order valence-electron chi connectivity index (χ3n) is 4.80. The fourth-order valence-corrected chi connectivity index (χ4v) is 3.42. The van der Waals surface area contributed by atoms with Gasteiger partial charge in [0.15, 0.2) is 0 Å². The van der Waals surface area contributed by atoms with E-state index in [0.717, 1.165) is 37.7 Å². The van der Waals surface area contributed by atoms with Gasteiger partial charge < -0.3 is 15.2 Å². The Labute approximate surface area is 119 Å². The lowest BCUT2D eigenvalue weighted by atomic mass is 9.82. The van der Waals surface area contributed by atoms with E-state index >= 15 is 0 Å². The summed E-state index contributed by atoms with van der Waals surface area (Å²) in [5, 5.41) is 12.8. The van der Waals surface area contributed by atoms with Crippen molar-refractivity contribution in [3.8, 4) is 0 Å². The molecule has 1 aliphatic rings. The monoisotopic (exact) mass is 271 g/mol. The molecule has 0 spiro atoms. The Balaban J connectivity index is 2.23. The summed E-state index contributed by atoms with van der Waals surface area (Å²) in [4.78, 5) is 0. The van der Waals surface area contributed by atoms with E-state index in [4.69, 9.17) is 4.74 Å². The highest BCUT2D eigenvalue weighted by Crippen LogP contribution is 2.30. The average Bonchev–Trinajstić information content (AvgIpc) is 2.39. The van der Waals surface area contributed by atoms with E-state index in [9.17, 15) is 5.11 Å². The van der Waals surface area contributed by atoms with Crippen LogP contribution in [0.25, 0.3) is 0 Å². The minimum absolute atomic E-state index is 0.115. The second-order valence-corrected chi connectivity index (χ2v) is 6.56. The first kappa shape index (κ1) is 16.9. The Hall–Kier alpha value is -0.120. The van der Waals surface area contributed by atoms with Crippen LogP contribution in [0.2, 0.25) is 0 Å². The van der Waals surface area contributed by atoms with Crippen LogP contribution in [0, 0.1) is 11.8 Å². The van der Waals surface area contributed by atoms with Crippen molar-refractivity contribution >= 4 is 0 Å². The summed E-state index contributed by atoms with van der Waals surface area (Å²) in [5.74, 6) is 1.61. The SMILES string of the molecule is CCC(CO)(CCCOC1CC(C)CC(C)C1)NC. The molecule has 0 aliphatic heterocycles. The zero-order valence-corrected chi connectivity index (χ0v) is 13.2. The Morgan fingerprint density at radius 2 is 1.84 bits per heavy atom. The first-order valence-corrected chi connectivity index (χ1v) is 7.96. The third kappa shape index (κ3) is 5.41. The van der Waals surface area contributed by atoms with Gasteiger partial charge in [0.25, 0.3) is 0 Å². The van der Waals surface area contributed by atoms with E-state index in [1.165, 1.54) is 19.3 Å². The molecule has 2 N–H and O–H groups in total. The van der Waals surface area contributed by atoms with Gasteiger partial charge in [-0.25, -0.2) is 0 Å². The van der Waals surface area contributed by atoms with Crippen molar-refractivity contribution in [3.05, 3.63) is 0 Å². The van der Waals surface area contributed by atoms with Gasteiger partial charge >= 0.3 is 0 Å². The number of aliphatic hydroxyl groups excluding tert-OH is 1. The second kappa shape index (κ2) is 8.23. The molecule has 114 valence electrons. The average molecular weight is 271 g/mol. The highest BCUT2D eigenvalue weighted by Gasteiger charge is 2.26. The van der Waals surface area contributed by atoms with Gasteiger partial charge in [-0.2, -0.15) is 0 Å². The Kier molecular flexibility index (Phi) is 7.33. The van der Waals surface area contributed by atoms with Crippen molar-refractivity contribution in [2.45, 2.75) is 70.9 Å². The highest BCUT2D eigenvalue weighted by atomic mass is 16.5. The maximum atomic E-state index is 9.49. The molecule has 0 aromatic carbocycles. The Morgan fingerprint density at radius 3 is 2.32 bits per heavy atom. The first-order chi connectivity index (χ1) is 9.05. The first-order valence-electron chi connectivity index (χ1n) is 7.96. The van der Waals surface area contributed by atoms with Crippen LogP contribution in [0.4, 0.5) is 0 Å². The van der Waals surface area contributed by atoms with Gasteiger partial charge in [-0.1, -0.05) is 20.8 Å². The van der Waals surface area contributed by atoms with Gasteiger partial charge in [0.1, 0.15) is 0 Å². The number of rotatable bonds is 8. The van der Waals surface area contributed by atoms with Crippen LogP contribution in [-0.4, -0.2) is 37.0 Å². The van der Waals surface area contributed by atoms with Crippen molar-refractivity contribution in [2.24, 2.45) is 11.8 Å². The largest absolute Gasteiger partial charge is 0.394 e. The second-order valence-electron chi connectivity index (χ2n) is 6.56. The minimum atomic E-state index is -0.115. The summed E-state index contributed by atoms with van der Waals surface area (Å²) in [5.41, 5.74) is -0.115. The van der Waals surface area contributed by atoms with Gasteiger partial charge in [0.05, 0.1) is 12.7 Å². The third-order valence-corrected chi connectivity index (χ3v) is 4.80. The number of hydrogen-bond acceptors (Lipinski definition) is 3. The number of aliphatic hydroxyl groups is 1. The Bertz CT molecular complexity index is 223. The van der Waals surface area contributed by atoms with Gasteiger partial charge in [-0.15, -0.1) is 0 Å². The summed E-state index contributed by atoms with van der Waals surface area (Å²) in [6.45, 7) is 7.82. The minimum Gasteiger partial charge on any atom is -0.394 e. The van der Waals surface area contributed by atoms with Crippen LogP contribution < -0.4 is 5.32 Å². The molecule has 0 saturated heterocycles. The molecule has 3 heteroatoms. The van der Waals surface area contributed by atoms with E-state index in [1.807, 2.05) is 7.05 Å². The smallest absolute Gasteiger partial charge is 0.0613 e. The van der Waals surface area contributed by atoms with E-state index < -0.39 is 0 Å². The molecule has 1 rings (SSSR count). The number of hydrogen-bond donors (Lipinski definition) is 2. The summed E-state index contributed by atoms with van der Waals surface area (Å²) >= 11 is 0. The molecular formula is C16H33NO2. The number of ether oxygens (including phenoxy) is 1. The maximum absolute atomic E-state index is 9.49. The molecule has 1 aliphatic carbocycles. The molecule has 0 amide bonds. The molecule has 0 heterocycles. The van der Waals surface area contributed by atoms with Crippen molar-refractivity contribution < 1.29 is 9.84 Å². The molecule has 0 radical (unpaired) electrons. The van der Waals surface area contributed by atoms with Crippen molar-refractivity contribution in [3.63, 3.8) is 0 Å². The summed E-state index contributed by atoms with van der Waals surface area (Å²) in [6.07, 6.45) is 7.20. The molecule has 1 fully saturated rings. The molecule has 0 aromatic rings. The molecule has 19 heavy (non-hydrogen) atoms. The summed E-state index contributed by atoms with van der Waals surface area (Å²) in [6, 6.07) is 0. The van der Waals surface area contributed by atoms with Crippen LogP contribution in [-0.2, 0) is 4.74 Å². The predicted octanol–water partition coefficient (Wildman–Crippen LogP) is 2.97. The quantitative estimate of drug-likeness (QED) is 0.667. The predicted molar refractivity (Wildman–Crippen MR) is 80.3 cm³/mol. The fraction of sp³-hybridized carbons (Fsp3) is 1.00. The van der Waals surface area contributed by atoms with Crippen molar-refractivity contribution in [1.29, 1.82) is 0 Å². The maximum Gasteiger partial charge on any atom is 0.0613 e. The summed E-state index contributed by atoms with van der Waals surface area (Å²) < 4.78 is 6.04. The van der Waals surface area contributed by atoms with Crippen LogP contribution in [0.15, 0.2) is 0 Å². The van der Waals surface area contributed by atoms with Crippen LogP contribution in [0.1, 0.15) is 59.3 Å². The van der Waals surface area contributed by atoms with E-state index in [-0.39, 0.29) is 12.1 Å². The normalized spacial score (nSPS) is 31.1. The molecular weight excluding hydrogens is 238 g/mol. The van der Waals surface area contributed by atoms with E-state index in [0.29, 0.717) is 6.10 Å². The fourth-order valence-electron chi connectivity index (χ4n) is 3.42. The molecule has 1 saturated carbocycles. The number of likely N-dealkylation sites (N-methyl/N-ethyl adjacent to an activating group) is 1. The standard InChI is InChI=1S/C16H33NO2/c1-5-16(12-18,17-4)7-6-8-19-15-10-13(2)9-14(3)11-15/h13-15,17-18H,5-12H2,1-4H3. The Morgan fingerprint density at radius 1 is 1.21 bits per heavy atom. The lowest BCUT2D eigenvalue weighted by Crippen LogP contribution is -2.46. The van der Waals surface area contributed by atoms with Crippen molar-refractivity contribution in [2.75, 3.05) is 20.3 Å². The van der Waals surface area contributed by atoms with Crippen LogP contribution in [0.3, 0.4) is 0 Å². The van der Waals surface area contributed by atoms with Crippen LogP contribution in [0.5, 0.6) is 0 Å². The van der Waals surface area contributed by atoms with E-state index in [2.05, 4.69) is 26.1 Å². The molecule has 3 unspecified atom stereocenters. The highest BCUT2D eigenvalue weighted by molar-refractivity contribution is 4.84. The molecule has 0 bridgehead atoms. The van der Waals surface area contributed by atoms with Gasteiger partial charge in [-0.3, -0.25) is 0 Å². The zero-order chi connectivity index (χ0) is 14.3. The van der Waals surface area contributed by atoms with E-state index in [1.54, 1.807) is 0 Å². The van der Waals surface area contributed by atoms with Crippen LogP contribution >= 0.6 is 0 Å². The summed E-state index contributed by atoms with van der Waals surface area (Å²) in [7, 11) is 1.94.